The summed E-state index contributed by atoms with van der Waals surface area (Å²) in [4.78, 5) is 12.4. The molecule has 0 aromatic heterocycles. The summed E-state index contributed by atoms with van der Waals surface area (Å²) in [5, 5.41) is 9.87. The highest BCUT2D eigenvalue weighted by Gasteiger charge is 2.31. The van der Waals surface area contributed by atoms with Gasteiger partial charge in [-0.15, -0.1) is 0 Å². The Balaban J connectivity index is 2.30. The smallest absolute Gasteiger partial charge is 0.337 e. The number of aliphatic hydroxyl groups excluding tert-OH is 1. The zero-order chi connectivity index (χ0) is 17.7. The number of carbonyl (C=O) groups is 1. The van der Waals surface area contributed by atoms with Crippen molar-refractivity contribution in [3.05, 3.63) is 58.4 Å². The Bertz CT molecular complexity index is 654. The van der Waals surface area contributed by atoms with Crippen LogP contribution in [0.1, 0.15) is 49.8 Å². The Morgan fingerprint density at radius 3 is 2.83 bits per heavy atom. The number of hydrogen-bond donors (Lipinski definition) is 1. The van der Waals surface area contributed by atoms with Gasteiger partial charge in [-0.05, 0) is 63.3 Å². The number of allylic oxidation sites excluding steroid dienone is 1. The van der Waals surface area contributed by atoms with Gasteiger partial charge in [-0.3, -0.25) is 0 Å². The maximum Gasteiger partial charge on any atom is 0.337 e. The summed E-state index contributed by atoms with van der Waals surface area (Å²) in [6.45, 7) is 7.92. The van der Waals surface area contributed by atoms with E-state index in [-0.39, 0.29) is 11.9 Å². The average Bonchev–Trinajstić information content (AvgIpc) is 2.92. The van der Waals surface area contributed by atoms with Gasteiger partial charge in [0.05, 0.1) is 18.4 Å². The summed E-state index contributed by atoms with van der Waals surface area (Å²) in [6.07, 6.45) is 3.65. The largest absolute Gasteiger partial charge is 0.468 e. The van der Waals surface area contributed by atoms with Crippen LogP contribution in [0.5, 0.6) is 0 Å². The van der Waals surface area contributed by atoms with Gasteiger partial charge in [0, 0.05) is 5.92 Å². The number of ether oxygens (including phenoxy) is 2. The topological polar surface area (TPSA) is 55.8 Å². The van der Waals surface area contributed by atoms with Crippen LogP contribution in [0, 0.1) is 6.92 Å². The molecule has 130 valence electrons. The lowest BCUT2D eigenvalue weighted by Gasteiger charge is -2.16. The minimum atomic E-state index is -1.07. The molecule has 0 aliphatic heterocycles. The van der Waals surface area contributed by atoms with Crippen LogP contribution in [0.3, 0.4) is 0 Å². The molecule has 4 heteroatoms. The molecule has 1 N–H and O–H groups in total. The highest BCUT2D eigenvalue weighted by molar-refractivity contribution is 5.90. The van der Waals surface area contributed by atoms with E-state index in [2.05, 4.69) is 19.1 Å². The summed E-state index contributed by atoms with van der Waals surface area (Å²) in [7, 11) is 0. The van der Waals surface area contributed by atoms with Gasteiger partial charge in [0.25, 0.3) is 0 Å². The van der Waals surface area contributed by atoms with Gasteiger partial charge in [0.15, 0.2) is 0 Å². The van der Waals surface area contributed by atoms with E-state index in [4.69, 9.17) is 9.47 Å². The molecule has 0 radical (unpaired) electrons. The predicted molar refractivity (Wildman–Crippen MR) is 93.5 cm³/mol. The SMILES string of the molecule is CCOC(=O)/C(=C/OC(O)C=C(C)C)C1CCc2c(C)cccc21. The van der Waals surface area contributed by atoms with Crippen LogP contribution in [0.25, 0.3) is 0 Å². The summed E-state index contributed by atoms with van der Waals surface area (Å²) >= 11 is 0. The predicted octanol–water partition coefficient (Wildman–Crippen LogP) is 3.77. The molecular formula is C20H26O4. The van der Waals surface area contributed by atoms with Crippen molar-refractivity contribution in [2.75, 3.05) is 6.61 Å². The first-order valence-electron chi connectivity index (χ1n) is 8.38. The van der Waals surface area contributed by atoms with Crippen LogP contribution < -0.4 is 0 Å². The van der Waals surface area contributed by atoms with Gasteiger partial charge < -0.3 is 14.6 Å². The Labute approximate surface area is 143 Å². The molecule has 24 heavy (non-hydrogen) atoms. The highest BCUT2D eigenvalue weighted by atomic mass is 16.6. The maximum absolute atomic E-state index is 12.4. The van der Waals surface area contributed by atoms with E-state index in [9.17, 15) is 9.90 Å². The number of rotatable bonds is 6. The number of hydrogen-bond acceptors (Lipinski definition) is 4. The van der Waals surface area contributed by atoms with Crippen molar-refractivity contribution in [1.82, 2.24) is 0 Å². The molecule has 0 bridgehead atoms. The Kier molecular flexibility index (Phi) is 6.21. The zero-order valence-corrected chi connectivity index (χ0v) is 14.8. The molecule has 0 fully saturated rings. The van der Waals surface area contributed by atoms with E-state index in [0.29, 0.717) is 12.2 Å². The zero-order valence-electron chi connectivity index (χ0n) is 14.8. The van der Waals surface area contributed by atoms with Crippen molar-refractivity contribution in [2.45, 2.75) is 52.7 Å². The molecular weight excluding hydrogens is 304 g/mol. The van der Waals surface area contributed by atoms with Crippen LogP contribution in [-0.4, -0.2) is 24.0 Å². The molecule has 1 aromatic carbocycles. The summed E-state index contributed by atoms with van der Waals surface area (Å²) in [6, 6.07) is 6.15. The number of aryl methyl sites for hydroxylation is 1. The molecule has 2 rings (SSSR count). The number of benzene rings is 1. The molecule has 0 spiro atoms. The lowest BCUT2D eigenvalue weighted by molar-refractivity contribution is -0.139. The van der Waals surface area contributed by atoms with Gasteiger partial charge in [0.1, 0.15) is 0 Å². The van der Waals surface area contributed by atoms with Crippen LogP contribution in [-0.2, 0) is 20.7 Å². The van der Waals surface area contributed by atoms with Crippen molar-refractivity contribution < 1.29 is 19.4 Å². The Hall–Kier alpha value is -2.07. The molecule has 0 heterocycles. The standard InChI is InChI=1S/C20H26O4/c1-5-23-20(22)18(12-24-19(21)11-13(2)3)17-10-9-15-14(4)7-6-8-16(15)17/h6-8,11-12,17,19,21H,5,9-10H2,1-4H3/b18-12+. The highest BCUT2D eigenvalue weighted by Crippen LogP contribution is 2.40. The number of aliphatic hydroxyl groups is 1. The second-order valence-corrected chi connectivity index (χ2v) is 6.30. The van der Waals surface area contributed by atoms with Crippen LogP contribution in [0.4, 0.5) is 0 Å². The van der Waals surface area contributed by atoms with E-state index in [1.54, 1.807) is 13.0 Å². The van der Waals surface area contributed by atoms with Gasteiger partial charge in [-0.2, -0.15) is 0 Å². The van der Waals surface area contributed by atoms with Crippen LogP contribution in [0.2, 0.25) is 0 Å². The summed E-state index contributed by atoms with van der Waals surface area (Å²) in [5.74, 6) is -0.445. The fourth-order valence-corrected chi connectivity index (χ4v) is 3.11. The molecule has 1 aromatic rings. The first-order chi connectivity index (χ1) is 11.4. The third kappa shape index (κ3) is 4.26. The molecule has 2 unspecified atom stereocenters. The van der Waals surface area contributed by atoms with E-state index in [1.807, 2.05) is 19.9 Å². The summed E-state index contributed by atoms with van der Waals surface area (Å²) in [5.41, 5.74) is 5.08. The molecule has 0 amide bonds. The number of fused-ring (bicyclic) bond motifs is 1. The van der Waals surface area contributed by atoms with Crippen LogP contribution >= 0.6 is 0 Å². The average molecular weight is 330 g/mol. The monoisotopic (exact) mass is 330 g/mol. The normalized spacial score (nSPS) is 17.9. The third-order valence-electron chi connectivity index (χ3n) is 4.20. The van der Waals surface area contributed by atoms with Gasteiger partial charge in [-0.1, -0.05) is 23.8 Å². The van der Waals surface area contributed by atoms with Crippen molar-refractivity contribution in [3.63, 3.8) is 0 Å². The van der Waals surface area contributed by atoms with Crippen LogP contribution in [0.15, 0.2) is 41.7 Å². The molecule has 4 nitrogen and oxygen atoms in total. The maximum atomic E-state index is 12.4. The third-order valence-corrected chi connectivity index (χ3v) is 4.20. The first-order valence-corrected chi connectivity index (χ1v) is 8.38. The van der Waals surface area contributed by atoms with Crippen molar-refractivity contribution in [3.8, 4) is 0 Å². The van der Waals surface area contributed by atoms with Gasteiger partial charge >= 0.3 is 5.97 Å². The van der Waals surface area contributed by atoms with Crippen molar-refractivity contribution >= 4 is 5.97 Å². The van der Waals surface area contributed by atoms with Gasteiger partial charge in [0.2, 0.25) is 6.29 Å². The van der Waals surface area contributed by atoms with E-state index >= 15 is 0 Å². The van der Waals surface area contributed by atoms with Gasteiger partial charge in [-0.25, -0.2) is 4.79 Å². The van der Waals surface area contributed by atoms with E-state index < -0.39 is 6.29 Å². The molecule has 0 saturated carbocycles. The van der Waals surface area contributed by atoms with Crippen molar-refractivity contribution in [2.24, 2.45) is 0 Å². The molecule has 1 aliphatic carbocycles. The van der Waals surface area contributed by atoms with E-state index in [1.165, 1.54) is 17.4 Å². The number of carbonyl (C=O) groups excluding carboxylic acids is 1. The molecule has 0 saturated heterocycles. The second-order valence-electron chi connectivity index (χ2n) is 6.30. The van der Waals surface area contributed by atoms with Crippen molar-refractivity contribution in [1.29, 1.82) is 0 Å². The first kappa shape index (κ1) is 18.3. The quantitative estimate of drug-likeness (QED) is 0.284. The Morgan fingerprint density at radius 1 is 1.42 bits per heavy atom. The minimum Gasteiger partial charge on any atom is -0.468 e. The fourth-order valence-electron chi connectivity index (χ4n) is 3.11. The summed E-state index contributed by atoms with van der Waals surface area (Å²) < 4.78 is 10.5. The second kappa shape index (κ2) is 8.15. The lowest BCUT2D eigenvalue weighted by atomic mass is 9.92. The number of esters is 1. The molecule has 2 atom stereocenters. The van der Waals surface area contributed by atoms with E-state index in [0.717, 1.165) is 24.0 Å². The Morgan fingerprint density at radius 2 is 2.17 bits per heavy atom. The molecule has 1 aliphatic rings. The minimum absolute atomic E-state index is 0.0575. The lowest BCUT2D eigenvalue weighted by Crippen LogP contribution is -2.15. The fraction of sp³-hybridized carbons (Fsp3) is 0.450.